The zero-order valence-electron chi connectivity index (χ0n) is 11.9. The van der Waals surface area contributed by atoms with E-state index in [1.807, 2.05) is 13.0 Å². The molecule has 0 radical (unpaired) electrons. The number of hydrogen-bond donors (Lipinski definition) is 1. The predicted molar refractivity (Wildman–Crippen MR) is 76.4 cm³/mol. The maximum Gasteiger partial charge on any atom is 0.254 e. The van der Waals surface area contributed by atoms with Crippen molar-refractivity contribution in [2.75, 3.05) is 27.2 Å². The zero-order valence-corrected chi connectivity index (χ0v) is 11.9. The van der Waals surface area contributed by atoms with E-state index < -0.39 is 0 Å². The van der Waals surface area contributed by atoms with Gasteiger partial charge in [-0.15, -0.1) is 0 Å². The topological polar surface area (TPSA) is 69.3 Å². The molecule has 0 unspecified atom stereocenters. The van der Waals surface area contributed by atoms with E-state index in [0.717, 1.165) is 10.9 Å². The fraction of sp³-hybridized carbons (Fsp3) is 0.357. The van der Waals surface area contributed by atoms with Gasteiger partial charge in [0.2, 0.25) is 5.91 Å². The van der Waals surface area contributed by atoms with Crippen LogP contribution in [0.25, 0.3) is 10.9 Å². The second-order valence-corrected chi connectivity index (χ2v) is 4.78. The summed E-state index contributed by atoms with van der Waals surface area (Å²) in [5, 5.41) is 7.72. The van der Waals surface area contributed by atoms with Gasteiger partial charge in [-0.1, -0.05) is 6.07 Å². The van der Waals surface area contributed by atoms with E-state index in [1.54, 1.807) is 32.4 Å². The molecular formula is C14H18N4O2. The summed E-state index contributed by atoms with van der Waals surface area (Å²) >= 11 is 0. The number of likely N-dealkylation sites (N-methyl/N-ethyl adjacent to an activating group) is 2. The van der Waals surface area contributed by atoms with Gasteiger partial charge >= 0.3 is 0 Å². The largest absolute Gasteiger partial charge is 0.347 e. The predicted octanol–water partition coefficient (Wildman–Crippen LogP) is 1.11. The molecule has 1 aromatic heterocycles. The van der Waals surface area contributed by atoms with E-state index >= 15 is 0 Å². The second-order valence-electron chi connectivity index (χ2n) is 4.78. The molecule has 0 fully saturated rings. The molecule has 6 heteroatoms. The van der Waals surface area contributed by atoms with Crippen LogP contribution in [0.15, 0.2) is 24.4 Å². The van der Waals surface area contributed by atoms with Crippen molar-refractivity contribution in [1.82, 2.24) is 20.0 Å². The number of aromatic nitrogens is 2. The number of nitrogens with one attached hydrogen (secondary N) is 1. The van der Waals surface area contributed by atoms with Crippen molar-refractivity contribution in [2.45, 2.75) is 6.92 Å². The number of aromatic amines is 1. The van der Waals surface area contributed by atoms with Crippen molar-refractivity contribution in [2.24, 2.45) is 0 Å². The lowest BCUT2D eigenvalue weighted by atomic mass is 10.1. The van der Waals surface area contributed by atoms with Gasteiger partial charge in [-0.2, -0.15) is 5.10 Å². The highest BCUT2D eigenvalue weighted by Gasteiger charge is 2.18. The van der Waals surface area contributed by atoms with Crippen LogP contribution < -0.4 is 0 Å². The quantitative estimate of drug-likeness (QED) is 0.908. The average molecular weight is 274 g/mol. The Labute approximate surface area is 117 Å². The highest BCUT2D eigenvalue weighted by atomic mass is 16.2. The van der Waals surface area contributed by atoms with Gasteiger partial charge in [0.1, 0.15) is 0 Å². The minimum absolute atomic E-state index is 0.0867. The fourth-order valence-electron chi connectivity index (χ4n) is 1.88. The lowest BCUT2D eigenvalue weighted by molar-refractivity contribution is -0.129. The highest BCUT2D eigenvalue weighted by Crippen LogP contribution is 2.14. The first kappa shape index (κ1) is 14.0. The van der Waals surface area contributed by atoms with Crippen LogP contribution >= 0.6 is 0 Å². The first-order chi connectivity index (χ1) is 9.52. The molecular weight excluding hydrogens is 256 g/mol. The standard InChI is InChI=1S/C14H18N4O2/c1-4-18(9-13(19)17(2)3)14(20)10-5-6-11-8-15-16-12(11)7-10/h5-8H,4,9H2,1-3H3,(H,15,16). The average Bonchev–Trinajstić information content (AvgIpc) is 2.90. The third-order valence-electron chi connectivity index (χ3n) is 3.18. The van der Waals surface area contributed by atoms with Gasteiger partial charge in [-0.3, -0.25) is 14.7 Å². The lowest BCUT2D eigenvalue weighted by Crippen LogP contribution is -2.40. The summed E-state index contributed by atoms with van der Waals surface area (Å²) < 4.78 is 0. The Morgan fingerprint density at radius 3 is 2.70 bits per heavy atom. The smallest absolute Gasteiger partial charge is 0.254 e. The van der Waals surface area contributed by atoms with Crippen LogP contribution in [0.2, 0.25) is 0 Å². The summed E-state index contributed by atoms with van der Waals surface area (Å²) in [7, 11) is 3.36. The Morgan fingerprint density at radius 1 is 1.30 bits per heavy atom. The Bertz CT molecular complexity index is 633. The Hall–Kier alpha value is -2.37. The van der Waals surface area contributed by atoms with Crippen molar-refractivity contribution in [3.63, 3.8) is 0 Å². The van der Waals surface area contributed by atoms with Crippen LogP contribution in [0.1, 0.15) is 17.3 Å². The molecule has 0 atom stereocenters. The molecule has 0 saturated heterocycles. The highest BCUT2D eigenvalue weighted by molar-refractivity contribution is 5.99. The number of fused-ring (bicyclic) bond motifs is 1. The summed E-state index contributed by atoms with van der Waals surface area (Å²) in [5.74, 6) is -0.248. The number of H-pyrrole nitrogens is 1. The number of rotatable bonds is 4. The Kier molecular flexibility index (Phi) is 4.02. The van der Waals surface area contributed by atoms with Gasteiger partial charge < -0.3 is 9.80 Å². The second kappa shape index (κ2) is 5.73. The van der Waals surface area contributed by atoms with E-state index in [9.17, 15) is 9.59 Å². The van der Waals surface area contributed by atoms with Gasteiger partial charge in [0, 0.05) is 31.6 Å². The number of benzene rings is 1. The number of carbonyl (C=O) groups is 2. The van der Waals surface area contributed by atoms with E-state index in [2.05, 4.69) is 10.2 Å². The van der Waals surface area contributed by atoms with Crippen LogP contribution in [-0.4, -0.2) is 59.0 Å². The zero-order chi connectivity index (χ0) is 14.7. The molecule has 1 aromatic carbocycles. The van der Waals surface area contributed by atoms with Gasteiger partial charge in [0.25, 0.3) is 5.91 Å². The Morgan fingerprint density at radius 2 is 2.05 bits per heavy atom. The van der Waals surface area contributed by atoms with Crippen LogP contribution in [0.3, 0.4) is 0 Å². The third kappa shape index (κ3) is 2.79. The van der Waals surface area contributed by atoms with Gasteiger partial charge in [0.05, 0.1) is 18.3 Å². The van der Waals surface area contributed by atoms with Crippen LogP contribution in [0.4, 0.5) is 0 Å². The lowest BCUT2D eigenvalue weighted by Gasteiger charge is -2.22. The maximum absolute atomic E-state index is 12.4. The van der Waals surface area contributed by atoms with Crippen molar-refractivity contribution in [3.05, 3.63) is 30.0 Å². The summed E-state index contributed by atoms with van der Waals surface area (Å²) in [5.41, 5.74) is 1.36. The normalized spacial score (nSPS) is 10.6. The van der Waals surface area contributed by atoms with Crippen LogP contribution in [0, 0.1) is 0 Å². The molecule has 0 bridgehead atoms. The molecule has 2 aromatic rings. The minimum atomic E-state index is -0.154. The molecule has 1 N–H and O–H groups in total. The monoisotopic (exact) mass is 274 g/mol. The molecule has 0 aliphatic heterocycles. The van der Waals surface area contributed by atoms with Gasteiger partial charge in [-0.25, -0.2) is 0 Å². The molecule has 20 heavy (non-hydrogen) atoms. The number of nitrogens with zero attached hydrogens (tertiary/aromatic N) is 3. The molecule has 2 rings (SSSR count). The molecule has 0 aliphatic rings. The number of hydrogen-bond acceptors (Lipinski definition) is 3. The minimum Gasteiger partial charge on any atom is -0.347 e. The first-order valence-corrected chi connectivity index (χ1v) is 6.45. The van der Waals surface area contributed by atoms with Gasteiger partial charge in [-0.05, 0) is 19.1 Å². The van der Waals surface area contributed by atoms with Crippen molar-refractivity contribution < 1.29 is 9.59 Å². The van der Waals surface area contributed by atoms with E-state index in [1.165, 1.54) is 9.80 Å². The van der Waals surface area contributed by atoms with Crippen molar-refractivity contribution in [3.8, 4) is 0 Å². The molecule has 0 saturated carbocycles. The summed E-state index contributed by atoms with van der Waals surface area (Å²) in [6, 6.07) is 5.35. The van der Waals surface area contributed by atoms with E-state index in [0.29, 0.717) is 12.1 Å². The van der Waals surface area contributed by atoms with Crippen molar-refractivity contribution in [1.29, 1.82) is 0 Å². The molecule has 0 aliphatic carbocycles. The van der Waals surface area contributed by atoms with Gasteiger partial charge in [0.15, 0.2) is 0 Å². The molecule has 2 amide bonds. The summed E-state index contributed by atoms with van der Waals surface area (Å²) in [4.78, 5) is 27.2. The SMILES string of the molecule is CCN(CC(=O)N(C)C)C(=O)c1ccc2cn[nH]c2c1. The maximum atomic E-state index is 12.4. The summed E-state index contributed by atoms with van der Waals surface area (Å²) in [6.45, 7) is 2.43. The van der Waals surface area contributed by atoms with Crippen LogP contribution in [0.5, 0.6) is 0 Å². The van der Waals surface area contributed by atoms with E-state index in [-0.39, 0.29) is 18.4 Å². The van der Waals surface area contributed by atoms with E-state index in [4.69, 9.17) is 0 Å². The first-order valence-electron chi connectivity index (χ1n) is 6.45. The molecule has 0 spiro atoms. The number of amides is 2. The molecule has 1 heterocycles. The molecule has 106 valence electrons. The fourth-order valence-corrected chi connectivity index (χ4v) is 1.88. The Balaban J connectivity index is 2.21. The van der Waals surface area contributed by atoms with Crippen LogP contribution in [-0.2, 0) is 4.79 Å². The molecule has 6 nitrogen and oxygen atoms in total. The van der Waals surface area contributed by atoms with Crippen molar-refractivity contribution >= 4 is 22.7 Å². The number of carbonyl (C=O) groups excluding carboxylic acids is 2. The summed E-state index contributed by atoms with van der Waals surface area (Å²) in [6.07, 6.45) is 1.71. The third-order valence-corrected chi connectivity index (χ3v) is 3.18.